The summed E-state index contributed by atoms with van der Waals surface area (Å²) in [6.07, 6.45) is 80.3. The quantitative estimate of drug-likeness (QED) is 0.0261. The van der Waals surface area contributed by atoms with E-state index in [-0.39, 0.29) is 31.1 Å². The van der Waals surface area contributed by atoms with Crippen LogP contribution < -0.4 is 0 Å². The fraction of sp³-hybridized carbons (Fsp3) is 0.841. The van der Waals surface area contributed by atoms with Crippen molar-refractivity contribution in [3.63, 3.8) is 0 Å². The van der Waals surface area contributed by atoms with Crippen molar-refractivity contribution < 1.29 is 28.6 Å². The van der Waals surface area contributed by atoms with E-state index in [1.807, 2.05) is 0 Å². The van der Waals surface area contributed by atoms with Gasteiger partial charge in [0.15, 0.2) is 6.10 Å². The number of rotatable bonds is 61. The average Bonchev–Trinajstić information content (AvgIpc) is 3.41. The SMILES string of the molecule is CC/C=C\C/C=C\C/C=C\C/C=C\CCCCCCCCCCCCCCC(=O)OC(COC(=O)CCCCCCCC)COC(=O)CCCCCCCCCCCCCCCCCCCCCCCCCCCC. The first kappa shape index (κ1) is 72.4. The average molecular weight is 1050 g/mol. The summed E-state index contributed by atoms with van der Waals surface area (Å²) in [5, 5.41) is 0. The molecule has 0 radical (unpaired) electrons. The summed E-state index contributed by atoms with van der Waals surface area (Å²) in [5.41, 5.74) is 0. The Morgan fingerprint density at radius 3 is 0.813 bits per heavy atom. The van der Waals surface area contributed by atoms with Crippen molar-refractivity contribution in [1.82, 2.24) is 0 Å². The second-order valence-electron chi connectivity index (χ2n) is 22.4. The Morgan fingerprint density at radius 2 is 0.520 bits per heavy atom. The van der Waals surface area contributed by atoms with Crippen LogP contribution >= 0.6 is 0 Å². The van der Waals surface area contributed by atoms with Crippen molar-refractivity contribution in [3.05, 3.63) is 48.6 Å². The van der Waals surface area contributed by atoms with Crippen LogP contribution in [0, 0.1) is 0 Å². The lowest BCUT2D eigenvalue weighted by Crippen LogP contribution is -2.30. The number of hydrogen-bond acceptors (Lipinski definition) is 6. The predicted molar refractivity (Wildman–Crippen MR) is 325 cm³/mol. The first-order valence-electron chi connectivity index (χ1n) is 33.1. The van der Waals surface area contributed by atoms with Crippen molar-refractivity contribution in [2.75, 3.05) is 13.2 Å². The van der Waals surface area contributed by atoms with Crippen LogP contribution in [-0.4, -0.2) is 37.2 Å². The molecule has 438 valence electrons. The minimum Gasteiger partial charge on any atom is -0.462 e. The first-order valence-corrected chi connectivity index (χ1v) is 33.1. The van der Waals surface area contributed by atoms with E-state index in [9.17, 15) is 14.4 Å². The van der Waals surface area contributed by atoms with Gasteiger partial charge in [0.1, 0.15) is 13.2 Å². The number of carbonyl (C=O) groups is 3. The first-order chi connectivity index (χ1) is 37.0. The topological polar surface area (TPSA) is 78.9 Å². The summed E-state index contributed by atoms with van der Waals surface area (Å²) in [6, 6.07) is 0. The largest absolute Gasteiger partial charge is 0.462 e. The Morgan fingerprint density at radius 1 is 0.280 bits per heavy atom. The number of allylic oxidation sites excluding steroid dienone is 8. The second kappa shape index (κ2) is 63.9. The molecule has 0 aliphatic heterocycles. The van der Waals surface area contributed by atoms with Crippen LogP contribution in [-0.2, 0) is 28.6 Å². The summed E-state index contributed by atoms with van der Waals surface area (Å²) in [7, 11) is 0. The minimum atomic E-state index is -0.769. The van der Waals surface area contributed by atoms with E-state index in [1.54, 1.807) is 0 Å². The molecule has 6 nitrogen and oxygen atoms in total. The lowest BCUT2D eigenvalue weighted by Gasteiger charge is -2.18. The van der Waals surface area contributed by atoms with Gasteiger partial charge in [0.2, 0.25) is 0 Å². The molecule has 0 amide bonds. The molecule has 0 rings (SSSR count). The third-order valence-electron chi connectivity index (χ3n) is 14.8. The number of ether oxygens (including phenoxy) is 3. The van der Waals surface area contributed by atoms with Crippen molar-refractivity contribution in [2.45, 2.75) is 361 Å². The summed E-state index contributed by atoms with van der Waals surface area (Å²) in [6.45, 7) is 6.52. The van der Waals surface area contributed by atoms with Crippen LogP contribution in [0.15, 0.2) is 48.6 Å². The van der Waals surface area contributed by atoms with Gasteiger partial charge in [-0.15, -0.1) is 0 Å². The highest BCUT2D eigenvalue weighted by Crippen LogP contribution is 2.18. The highest BCUT2D eigenvalue weighted by atomic mass is 16.6. The van der Waals surface area contributed by atoms with Crippen molar-refractivity contribution >= 4 is 17.9 Å². The van der Waals surface area contributed by atoms with Crippen molar-refractivity contribution in [1.29, 1.82) is 0 Å². The third-order valence-corrected chi connectivity index (χ3v) is 14.8. The molecular weight excluding hydrogens is 925 g/mol. The molecule has 0 saturated heterocycles. The second-order valence-corrected chi connectivity index (χ2v) is 22.4. The van der Waals surface area contributed by atoms with Gasteiger partial charge in [0.05, 0.1) is 0 Å². The molecule has 75 heavy (non-hydrogen) atoms. The fourth-order valence-corrected chi connectivity index (χ4v) is 9.91. The molecule has 0 heterocycles. The molecule has 1 unspecified atom stereocenters. The van der Waals surface area contributed by atoms with Gasteiger partial charge in [-0.3, -0.25) is 14.4 Å². The summed E-state index contributed by atoms with van der Waals surface area (Å²) in [5.74, 6) is -0.860. The number of esters is 3. The summed E-state index contributed by atoms with van der Waals surface area (Å²) >= 11 is 0. The van der Waals surface area contributed by atoms with E-state index in [0.717, 1.165) is 83.5 Å². The highest BCUT2D eigenvalue weighted by molar-refractivity contribution is 5.71. The Bertz CT molecular complexity index is 1300. The summed E-state index contributed by atoms with van der Waals surface area (Å²) in [4.78, 5) is 38.0. The van der Waals surface area contributed by atoms with Crippen molar-refractivity contribution in [3.8, 4) is 0 Å². The van der Waals surface area contributed by atoms with E-state index in [0.29, 0.717) is 19.3 Å². The number of hydrogen-bond donors (Lipinski definition) is 0. The fourth-order valence-electron chi connectivity index (χ4n) is 9.91. The van der Waals surface area contributed by atoms with Crippen LogP contribution in [0.3, 0.4) is 0 Å². The lowest BCUT2D eigenvalue weighted by molar-refractivity contribution is -0.167. The van der Waals surface area contributed by atoms with E-state index in [2.05, 4.69) is 69.4 Å². The van der Waals surface area contributed by atoms with Gasteiger partial charge >= 0.3 is 17.9 Å². The summed E-state index contributed by atoms with van der Waals surface area (Å²) < 4.78 is 16.8. The molecule has 0 aromatic rings. The van der Waals surface area contributed by atoms with Gasteiger partial charge in [0, 0.05) is 19.3 Å². The Labute approximate surface area is 467 Å². The Balaban J connectivity index is 4.02. The van der Waals surface area contributed by atoms with Crippen LogP contribution in [0.25, 0.3) is 0 Å². The van der Waals surface area contributed by atoms with E-state index in [1.165, 1.54) is 231 Å². The number of unbranched alkanes of at least 4 members (excludes halogenated alkanes) is 42. The lowest BCUT2D eigenvalue weighted by atomic mass is 10.0. The molecule has 0 saturated carbocycles. The molecule has 0 aromatic carbocycles. The molecule has 0 bridgehead atoms. The predicted octanol–water partition coefficient (Wildman–Crippen LogP) is 22.6. The zero-order valence-electron chi connectivity index (χ0n) is 50.3. The van der Waals surface area contributed by atoms with E-state index >= 15 is 0 Å². The van der Waals surface area contributed by atoms with Crippen LogP contribution in [0.5, 0.6) is 0 Å². The van der Waals surface area contributed by atoms with Gasteiger partial charge in [-0.1, -0.05) is 326 Å². The maximum Gasteiger partial charge on any atom is 0.306 e. The Kier molecular flexibility index (Phi) is 61.7. The Hall–Kier alpha value is -2.63. The maximum atomic E-state index is 12.9. The van der Waals surface area contributed by atoms with Gasteiger partial charge in [-0.05, 0) is 57.8 Å². The molecule has 0 spiro atoms. The molecule has 6 heteroatoms. The zero-order chi connectivity index (χ0) is 54.3. The molecule has 0 fully saturated rings. The molecule has 1 atom stereocenters. The highest BCUT2D eigenvalue weighted by Gasteiger charge is 2.19. The number of carbonyl (C=O) groups excluding carboxylic acids is 3. The van der Waals surface area contributed by atoms with Gasteiger partial charge in [-0.2, -0.15) is 0 Å². The van der Waals surface area contributed by atoms with Gasteiger partial charge in [0.25, 0.3) is 0 Å². The van der Waals surface area contributed by atoms with Crippen molar-refractivity contribution in [2.24, 2.45) is 0 Å². The standard InChI is InChI=1S/C69H126O6/c1-4-7-10-13-16-18-20-22-24-26-28-30-32-34-36-37-39-41-43-45-47-49-51-53-56-59-62-68(71)74-65-66(64-73-67(70)61-58-55-15-12-9-6-3)75-69(72)63-60-57-54-52-50-48-46-44-42-40-38-35-33-31-29-27-25-23-21-19-17-14-11-8-5-2/h8,11,17,19,23,25,29,31,66H,4-7,9-10,12-16,18,20-22,24,26-28,30,32-65H2,1-3H3/b11-8-,19-17-,25-23-,31-29-. The normalized spacial score (nSPS) is 12.3. The van der Waals surface area contributed by atoms with E-state index in [4.69, 9.17) is 14.2 Å². The smallest absolute Gasteiger partial charge is 0.306 e. The third kappa shape index (κ3) is 62.1. The monoisotopic (exact) mass is 1050 g/mol. The molecule has 0 aliphatic carbocycles. The van der Waals surface area contributed by atoms with Crippen LogP contribution in [0.4, 0.5) is 0 Å². The van der Waals surface area contributed by atoms with Crippen LogP contribution in [0.1, 0.15) is 355 Å². The minimum absolute atomic E-state index is 0.0691. The van der Waals surface area contributed by atoms with E-state index < -0.39 is 6.10 Å². The molecule has 0 aromatic heterocycles. The maximum absolute atomic E-state index is 12.9. The van der Waals surface area contributed by atoms with Crippen LogP contribution in [0.2, 0.25) is 0 Å². The van der Waals surface area contributed by atoms with Gasteiger partial charge in [-0.25, -0.2) is 0 Å². The zero-order valence-corrected chi connectivity index (χ0v) is 50.3. The molecule has 0 aliphatic rings. The van der Waals surface area contributed by atoms with Gasteiger partial charge < -0.3 is 14.2 Å². The molecular formula is C69H126O6. The molecule has 0 N–H and O–H groups in total.